The summed E-state index contributed by atoms with van der Waals surface area (Å²) in [6.07, 6.45) is 4.25. The third-order valence-corrected chi connectivity index (χ3v) is 3.27. The van der Waals surface area contributed by atoms with Gasteiger partial charge in [0.25, 0.3) is 5.91 Å². The summed E-state index contributed by atoms with van der Waals surface area (Å²) in [4.78, 5) is 23.5. The Hall–Kier alpha value is -2.04. The van der Waals surface area contributed by atoms with Crippen molar-refractivity contribution in [1.82, 2.24) is 10.6 Å². The lowest BCUT2D eigenvalue weighted by atomic mass is 10.2. The lowest BCUT2D eigenvalue weighted by molar-refractivity contribution is 0.0963. The van der Waals surface area contributed by atoms with Gasteiger partial charge in [0, 0.05) is 11.6 Å². The molecule has 0 saturated heterocycles. The average molecular weight is 262 g/mol. The van der Waals surface area contributed by atoms with Crippen LogP contribution in [0.15, 0.2) is 24.3 Å². The molecule has 1 aromatic rings. The number of carbonyl (C=O) groups excluding carboxylic acids is 2. The van der Waals surface area contributed by atoms with E-state index in [1.54, 1.807) is 31.4 Å². The third-order valence-electron chi connectivity index (χ3n) is 3.27. The summed E-state index contributed by atoms with van der Waals surface area (Å²) in [7, 11) is 1.56. The number of imide groups is 1. The molecule has 2 N–H and O–H groups in total. The molecule has 0 aromatic heterocycles. The van der Waals surface area contributed by atoms with Crippen molar-refractivity contribution < 1.29 is 14.3 Å². The quantitative estimate of drug-likeness (QED) is 0.876. The zero-order valence-electron chi connectivity index (χ0n) is 10.9. The number of ether oxygens (including phenoxy) is 1. The number of hydrogen-bond donors (Lipinski definition) is 2. The van der Waals surface area contributed by atoms with E-state index in [1.165, 1.54) is 0 Å². The van der Waals surface area contributed by atoms with Crippen LogP contribution in [0.25, 0.3) is 0 Å². The molecule has 2 rings (SSSR count). The van der Waals surface area contributed by atoms with Gasteiger partial charge in [-0.3, -0.25) is 10.1 Å². The molecule has 1 aliphatic rings. The van der Waals surface area contributed by atoms with Crippen molar-refractivity contribution in [3.63, 3.8) is 0 Å². The predicted molar refractivity (Wildman–Crippen MR) is 71.2 cm³/mol. The Morgan fingerprint density at radius 3 is 2.37 bits per heavy atom. The van der Waals surface area contributed by atoms with Gasteiger partial charge in [0.05, 0.1) is 7.11 Å². The van der Waals surface area contributed by atoms with Gasteiger partial charge in [0.1, 0.15) is 5.75 Å². The maximum absolute atomic E-state index is 11.8. The zero-order chi connectivity index (χ0) is 13.7. The Balaban J connectivity index is 1.86. The second-order valence-corrected chi connectivity index (χ2v) is 4.64. The Morgan fingerprint density at radius 2 is 1.79 bits per heavy atom. The summed E-state index contributed by atoms with van der Waals surface area (Å²) in [5.74, 6) is 0.269. The van der Waals surface area contributed by atoms with Gasteiger partial charge in [0.15, 0.2) is 0 Å². The fourth-order valence-corrected chi connectivity index (χ4v) is 2.21. The van der Waals surface area contributed by atoms with Crippen LogP contribution in [0, 0.1) is 0 Å². The predicted octanol–water partition coefficient (Wildman–Crippen LogP) is 2.08. The molecule has 0 unspecified atom stereocenters. The van der Waals surface area contributed by atoms with E-state index < -0.39 is 11.9 Å². The smallest absolute Gasteiger partial charge is 0.321 e. The molecule has 0 aliphatic heterocycles. The monoisotopic (exact) mass is 262 g/mol. The normalized spacial score (nSPS) is 15.0. The topological polar surface area (TPSA) is 67.4 Å². The van der Waals surface area contributed by atoms with Crippen LogP contribution in [-0.2, 0) is 0 Å². The van der Waals surface area contributed by atoms with Gasteiger partial charge in [-0.15, -0.1) is 0 Å². The Kier molecular flexibility index (Phi) is 4.39. The lowest BCUT2D eigenvalue weighted by Crippen LogP contribution is -2.43. The first kappa shape index (κ1) is 13.4. The fraction of sp³-hybridized carbons (Fsp3) is 0.429. The molecule has 1 aromatic carbocycles. The van der Waals surface area contributed by atoms with Crippen LogP contribution in [0.1, 0.15) is 36.0 Å². The number of amides is 3. The number of nitrogens with one attached hydrogen (secondary N) is 2. The van der Waals surface area contributed by atoms with E-state index in [0.29, 0.717) is 11.3 Å². The summed E-state index contributed by atoms with van der Waals surface area (Å²) in [5.41, 5.74) is 0.433. The molecule has 0 spiro atoms. The Labute approximate surface area is 112 Å². The van der Waals surface area contributed by atoms with Crippen molar-refractivity contribution >= 4 is 11.9 Å². The van der Waals surface area contributed by atoms with Gasteiger partial charge in [-0.05, 0) is 37.1 Å². The van der Waals surface area contributed by atoms with Gasteiger partial charge in [-0.1, -0.05) is 12.8 Å². The first-order valence-corrected chi connectivity index (χ1v) is 6.45. The molecule has 0 radical (unpaired) electrons. The minimum atomic E-state index is -0.423. The molecule has 3 amide bonds. The van der Waals surface area contributed by atoms with Crippen LogP contribution in [0.2, 0.25) is 0 Å². The number of hydrogen-bond acceptors (Lipinski definition) is 3. The molecule has 5 heteroatoms. The molecule has 19 heavy (non-hydrogen) atoms. The molecule has 0 heterocycles. The van der Waals surface area contributed by atoms with Crippen molar-refractivity contribution in [2.75, 3.05) is 7.11 Å². The molecule has 1 aliphatic carbocycles. The summed E-state index contributed by atoms with van der Waals surface area (Å²) < 4.78 is 5.01. The lowest BCUT2D eigenvalue weighted by Gasteiger charge is -2.12. The molecular weight excluding hydrogens is 244 g/mol. The van der Waals surface area contributed by atoms with Crippen LogP contribution >= 0.6 is 0 Å². The Bertz CT molecular complexity index is 450. The van der Waals surface area contributed by atoms with Crippen molar-refractivity contribution in [1.29, 1.82) is 0 Å². The number of rotatable bonds is 3. The van der Waals surface area contributed by atoms with E-state index in [-0.39, 0.29) is 6.04 Å². The minimum absolute atomic E-state index is 0.198. The van der Waals surface area contributed by atoms with Crippen molar-refractivity contribution in [3.05, 3.63) is 29.8 Å². The van der Waals surface area contributed by atoms with Crippen molar-refractivity contribution in [3.8, 4) is 5.75 Å². The van der Waals surface area contributed by atoms with Gasteiger partial charge < -0.3 is 10.1 Å². The van der Waals surface area contributed by atoms with E-state index in [0.717, 1.165) is 25.7 Å². The van der Waals surface area contributed by atoms with Gasteiger partial charge in [0.2, 0.25) is 0 Å². The van der Waals surface area contributed by atoms with Crippen molar-refractivity contribution in [2.45, 2.75) is 31.7 Å². The highest BCUT2D eigenvalue weighted by Gasteiger charge is 2.18. The van der Waals surface area contributed by atoms with Crippen LogP contribution in [0.4, 0.5) is 4.79 Å². The van der Waals surface area contributed by atoms with E-state index >= 15 is 0 Å². The maximum Gasteiger partial charge on any atom is 0.321 e. The van der Waals surface area contributed by atoms with Crippen LogP contribution < -0.4 is 15.4 Å². The highest BCUT2D eigenvalue weighted by Crippen LogP contribution is 2.17. The highest BCUT2D eigenvalue weighted by molar-refractivity contribution is 6.04. The molecule has 1 saturated carbocycles. The number of benzene rings is 1. The number of urea groups is 1. The highest BCUT2D eigenvalue weighted by atomic mass is 16.5. The summed E-state index contributed by atoms with van der Waals surface area (Å²) in [6, 6.07) is 6.39. The van der Waals surface area contributed by atoms with E-state index in [4.69, 9.17) is 4.74 Å². The standard InChI is InChI=1S/C14H18N2O3/c1-19-12-8-6-10(7-9-12)13(17)16-14(18)15-11-4-2-3-5-11/h6-9,11H,2-5H2,1H3,(H2,15,16,17,18). The first-order chi connectivity index (χ1) is 9.19. The summed E-state index contributed by atoms with van der Waals surface area (Å²) in [6.45, 7) is 0. The summed E-state index contributed by atoms with van der Waals surface area (Å²) in [5, 5.41) is 5.14. The second-order valence-electron chi connectivity index (χ2n) is 4.64. The van der Waals surface area contributed by atoms with E-state index in [9.17, 15) is 9.59 Å². The average Bonchev–Trinajstić information content (AvgIpc) is 2.91. The van der Waals surface area contributed by atoms with E-state index in [1.807, 2.05) is 0 Å². The van der Waals surface area contributed by atoms with Crippen LogP contribution in [0.5, 0.6) is 5.75 Å². The molecule has 1 fully saturated rings. The van der Waals surface area contributed by atoms with Crippen LogP contribution in [0.3, 0.4) is 0 Å². The zero-order valence-corrected chi connectivity index (χ0v) is 10.9. The third kappa shape index (κ3) is 3.71. The SMILES string of the molecule is COc1ccc(C(=O)NC(=O)NC2CCCC2)cc1. The van der Waals surface area contributed by atoms with Crippen LogP contribution in [-0.4, -0.2) is 25.1 Å². The molecule has 5 nitrogen and oxygen atoms in total. The molecule has 0 bridgehead atoms. The largest absolute Gasteiger partial charge is 0.497 e. The Morgan fingerprint density at radius 1 is 1.16 bits per heavy atom. The van der Waals surface area contributed by atoms with Crippen molar-refractivity contribution in [2.24, 2.45) is 0 Å². The molecule has 0 atom stereocenters. The van der Waals surface area contributed by atoms with Gasteiger partial charge in [-0.2, -0.15) is 0 Å². The fourth-order valence-electron chi connectivity index (χ4n) is 2.21. The maximum atomic E-state index is 11.8. The van der Waals surface area contributed by atoms with E-state index in [2.05, 4.69) is 10.6 Å². The van der Waals surface area contributed by atoms with Gasteiger partial charge >= 0.3 is 6.03 Å². The minimum Gasteiger partial charge on any atom is -0.497 e. The number of methoxy groups -OCH3 is 1. The number of carbonyl (C=O) groups is 2. The second kappa shape index (κ2) is 6.22. The summed E-state index contributed by atoms with van der Waals surface area (Å²) >= 11 is 0. The first-order valence-electron chi connectivity index (χ1n) is 6.45. The van der Waals surface area contributed by atoms with Gasteiger partial charge in [-0.25, -0.2) is 4.79 Å². The molecular formula is C14H18N2O3. The molecule has 102 valence electrons.